The van der Waals surface area contributed by atoms with Gasteiger partial charge in [0.15, 0.2) is 17.2 Å². The fourth-order valence-electron chi connectivity index (χ4n) is 5.87. The zero-order valence-electron chi connectivity index (χ0n) is 19.5. The van der Waals surface area contributed by atoms with E-state index in [1.165, 1.54) is 6.08 Å². The highest BCUT2D eigenvalue weighted by Crippen LogP contribution is 2.56. The third kappa shape index (κ3) is 3.43. The molecule has 0 aromatic heterocycles. The molecule has 8 heteroatoms. The Morgan fingerprint density at radius 3 is 2.39 bits per heavy atom. The molecule has 1 aliphatic heterocycles. The molecule has 4 rings (SSSR count). The Morgan fingerprint density at radius 2 is 1.76 bits per heavy atom. The molecule has 0 spiro atoms. The van der Waals surface area contributed by atoms with Crippen molar-refractivity contribution >= 4 is 23.2 Å². The van der Waals surface area contributed by atoms with Crippen molar-refractivity contribution in [3.05, 3.63) is 34.9 Å². The molecular formula is C25H31ClO7. The summed E-state index contributed by atoms with van der Waals surface area (Å²) in [6.45, 7) is 8.79. The van der Waals surface area contributed by atoms with Gasteiger partial charge in [0, 0.05) is 22.6 Å². The van der Waals surface area contributed by atoms with E-state index in [-0.39, 0.29) is 34.2 Å². The summed E-state index contributed by atoms with van der Waals surface area (Å²) in [7, 11) is 0. The van der Waals surface area contributed by atoms with Gasteiger partial charge >= 0.3 is 0 Å². The summed E-state index contributed by atoms with van der Waals surface area (Å²) < 4.78 is 6.32. The van der Waals surface area contributed by atoms with E-state index in [2.05, 4.69) is 0 Å². The number of phenols is 2. The van der Waals surface area contributed by atoms with E-state index in [0.717, 1.165) is 12.1 Å². The van der Waals surface area contributed by atoms with Gasteiger partial charge in [-0.15, -0.1) is 11.6 Å². The predicted octanol–water partition coefficient (Wildman–Crippen LogP) is 3.50. The summed E-state index contributed by atoms with van der Waals surface area (Å²) in [5.41, 5.74) is -5.32. The number of ether oxygens (including phenoxy) is 1. The van der Waals surface area contributed by atoms with Crippen LogP contribution >= 0.6 is 11.6 Å². The normalized spacial score (nSPS) is 37.2. The minimum atomic E-state index is -1.83. The van der Waals surface area contributed by atoms with Crippen molar-refractivity contribution in [2.24, 2.45) is 11.3 Å². The minimum absolute atomic E-state index is 0.0569. The summed E-state index contributed by atoms with van der Waals surface area (Å²) >= 11 is 6.66. The van der Waals surface area contributed by atoms with E-state index in [4.69, 9.17) is 16.3 Å². The van der Waals surface area contributed by atoms with E-state index in [9.17, 15) is 30.0 Å². The number of aliphatic hydroxyl groups is 2. The number of phenolic OH excluding ortho intramolecular Hbond substituents is 2. The second-order valence-corrected chi connectivity index (χ2v) is 11.6. The Labute approximate surface area is 198 Å². The average molecular weight is 479 g/mol. The van der Waals surface area contributed by atoms with Crippen LogP contribution in [0.3, 0.4) is 0 Å². The molecule has 0 saturated heterocycles. The van der Waals surface area contributed by atoms with Gasteiger partial charge in [-0.2, -0.15) is 0 Å². The van der Waals surface area contributed by atoms with Crippen LogP contribution in [0.5, 0.6) is 11.5 Å². The molecule has 0 radical (unpaired) electrons. The van der Waals surface area contributed by atoms with Crippen molar-refractivity contribution in [1.82, 2.24) is 0 Å². The summed E-state index contributed by atoms with van der Waals surface area (Å²) in [4.78, 5) is 27.6. The van der Waals surface area contributed by atoms with Gasteiger partial charge in [-0.1, -0.05) is 13.8 Å². The summed E-state index contributed by atoms with van der Waals surface area (Å²) in [5.74, 6) is -2.70. The van der Waals surface area contributed by atoms with Crippen LogP contribution in [0.1, 0.15) is 74.6 Å². The molecule has 7 nitrogen and oxygen atoms in total. The Hall–Kier alpha value is -1.93. The first kappa shape index (κ1) is 24.2. The molecule has 1 heterocycles. The van der Waals surface area contributed by atoms with Crippen LogP contribution in [0.2, 0.25) is 0 Å². The standard InChI is InChI=1S/C25H31ClO7/c1-22(2)16(24(5,32)7-6-17(22)26)11-25-14(10-18(29)23(3,4)33-25)20(30)19-13(21(25)31)8-12(27)9-15(19)28/h8-10,16-18,27-29,32H,6-7,11H2,1-5H3. The second-order valence-electron chi connectivity index (χ2n) is 11.0. The number of hydrogen-bond acceptors (Lipinski definition) is 7. The van der Waals surface area contributed by atoms with Gasteiger partial charge in [-0.3, -0.25) is 9.59 Å². The first-order valence-corrected chi connectivity index (χ1v) is 11.6. The van der Waals surface area contributed by atoms with Gasteiger partial charge in [0.05, 0.1) is 16.8 Å². The number of ketones is 2. The Bertz CT molecular complexity index is 1070. The number of Topliss-reactive ketones (excluding diaryl/α,β-unsaturated/α-hetero) is 2. The average Bonchev–Trinajstić information content (AvgIpc) is 2.68. The van der Waals surface area contributed by atoms with E-state index in [1.54, 1.807) is 20.8 Å². The molecule has 1 aromatic carbocycles. The van der Waals surface area contributed by atoms with Gasteiger partial charge in [0.25, 0.3) is 0 Å². The summed E-state index contributed by atoms with van der Waals surface area (Å²) in [5, 5.41) is 42.2. The van der Waals surface area contributed by atoms with Crippen molar-refractivity contribution in [2.45, 2.75) is 82.2 Å². The number of carbonyl (C=O) groups is 2. The number of hydrogen-bond donors (Lipinski definition) is 4. The monoisotopic (exact) mass is 478 g/mol. The van der Waals surface area contributed by atoms with Crippen LogP contribution in [-0.2, 0) is 4.74 Å². The van der Waals surface area contributed by atoms with Crippen molar-refractivity contribution in [3.8, 4) is 11.5 Å². The molecule has 0 bridgehead atoms. The van der Waals surface area contributed by atoms with Crippen LogP contribution in [0.4, 0.5) is 0 Å². The lowest BCUT2D eigenvalue weighted by molar-refractivity contribution is -0.178. The van der Waals surface area contributed by atoms with E-state index < -0.39 is 51.6 Å². The minimum Gasteiger partial charge on any atom is -0.508 e. The number of rotatable bonds is 2. The van der Waals surface area contributed by atoms with Crippen LogP contribution in [0, 0.1) is 11.3 Å². The summed E-state index contributed by atoms with van der Waals surface area (Å²) in [6, 6.07) is 2.14. The maximum atomic E-state index is 14.1. The number of fused-ring (bicyclic) bond motifs is 2. The van der Waals surface area contributed by atoms with Crippen LogP contribution in [0.15, 0.2) is 23.8 Å². The molecule has 1 saturated carbocycles. The van der Waals surface area contributed by atoms with Crippen molar-refractivity contribution in [3.63, 3.8) is 0 Å². The molecule has 1 fully saturated rings. The highest BCUT2D eigenvalue weighted by atomic mass is 35.5. The molecule has 5 atom stereocenters. The molecule has 5 unspecified atom stereocenters. The molecule has 2 aliphatic carbocycles. The summed E-state index contributed by atoms with van der Waals surface area (Å²) in [6.07, 6.45) is 1.09. The third-order valence-electron chi connectivity index (χ3n) is 7.95. The molecule has 1 aromatic rings. The Kier molecular flexibility index (Phi) is 5.34. The Morgan fingerprint density at radius 1 is 1.12 bits per heavy atom. The quantitative estimate of drug-likeness (QED) is 0.479. The largest absolute Gasteiger partial charge is 0.508 e. The maximum Gasteiger partial charge on any atom is 0.200 e. The van der Waals surface area contributed by atoms with Crippen LogP contribution in [-0.4, -0.2) is 60.3 Å². The molecule has 0 amide bonds. The molecular weight excluding hydrogens is 448 g/mol. The van der Waals surface area contributed by atoms with Gasteiger partial charge < -0.3 is 25.2 Å². The topological polar surface area (TPSA) is 124 Å². The lowest BCUT2D eigenvalue weighted by Crippen LogP contribution is -2.63. The highest BCUT2D eigenvalue weighted by molar-refractivity contribution is 6.28. The van der Waals surface area contributed by atoms with Gasteiger partial charge in [-0.25, -0.2) is 0 Å². The molecule has 3 aliphatic rings. The first-order valence-electron chi connectivity index (χ1n) is 11.2. The first-order chi connectivity index (χ1) is 15.0. The number of halogens is 1. The van der Waals surface area contributed by atoms with Crippen LogP contribution < -0.4 is 0 Å². The third-order valence-corrected chi connectivity index (χ3v) is 8.73. The smallest absolute Gasteiger partial charge is 0.200 e. The highest BCUT2D eigenvalue weighted by Gasteiger charge is 2.62. The van der Waals surface area contributed by atoms with Crippen molar-refractivity contribution in [1.29, 1.82) is 0 Å². The number of alkyl halides is 1. The number of aliphatic hydroxyl groups excluding tert-OH is 1. The van der Waals surface area contributed by atoms with Crippen molar-refractivity contribution in [2.75, 3.05) is 0 Å². The molecule has 180 valence electrons. The zero-order chi connectivity index (χ0) is 24.7. The lowest BCUT2D eigenvalue weighted by atomic mass is 9.56. The molecule has 4 N–H and O–H groups in total. The SMILES string of the molecule is CC1(O)CCC(Cl)C(C)(C)C1CC12OC(C)(C)C(O)C=C1C(=O)c1c(O)cc(O)cc1C2=O. The van der Waals surface area contributed by atoms with E-state index in [1.807, 2.05) is 13.8 Å². The fourth-order valence-corrected chi connectivity index (χ4v) is 6.13. The Balaban J connectivity index is 1.97. The van der Waals surface area contributed by atoms with Crippen LogP contribution in [0.25, 0.3) is 0 Å². The zero-order valence-corrected chi connectivity index (χ0v) is 20.2. The van der Waals surface area contributed by atoms with Gasteiger partial charge in [0.1, 0.15) is 17.6 Å². The van der Waals surface area contributed by atoms with E-state index >= 15 is 0 Å². The van der Waals surface area contributed by atoms with Crippen molar-refractivity contribution < 1.29 is 34.8 Å². The van der Waals surface area contributed by atoms with Gasteiger partial charge in [-0.05, 0) is 63.5 Å². The number of carbonyl (C=O) groups excluding carboxylic acids is 2. The van der Waals surface area contributed by atoms with Gasteiger partial charge in [0.2, 0.25) is 0 Å². The number of benzene rings is 1. The maximum absolute atomic E-state index is 14.1. The lowest BCUT2D eigenvalue weighted by Gasteiger charge is -2.55. The second kappa shape index (κ2) is 7.28. The fraction of sp³-hybridized carbons (Fsp3) is 0.600. The van der Waals surface area contributed by atoms with E-state index in [0.29, 0.717) is 12.8 Å². The number of aromatic hydroxyl groups is 2. The molecule has 33 heavy (non-hydrogen) atoms. The predicted molar refractivity (Wildman–Crippen MR) is 122 cm³/mol.